The zero-order valence-corrected chi connectivity index (χ0v) is 22.9. The molecule has 0 aliphatic carbocycles. The van der Waals surface area contributed by atoms with E-state index in [1.54, 1.807) is 24.3 Å². The lowest BCUT2D eigenvalue weighted by atomic mass is 10.2. The average molecular weight is 585 g/mol. The van der Waals surface area contributed by atoms with E-state index in [0.717, 1.165) is 25.4 Å². The van der Waals surface area contributed by atoms with Crippen molar-refractivity contribution in [3.05, 3.63) is 72.8 Å². The van der Waals surface area contributed by atoms with Crippen LogP contribution in [0.5, 0.6) is 0 Å². The molecule has 1 aliphatic rings. The molecule has 0 bridgehead atoms. The number of halogens is 1. The Hall–Kier alpha value is -2.84. The van der Waals surface area contributed by atoms with E-state index in [0.29, 0.717) is 22.6 Å². The Morgan fingerprint density at radius 1 is 0.838 bits per heavy atom. The van der Waals surface area contributed by atoms with Gasteiger partial charge in [-0.25, -0.2) is 16.8 Å². The van der Waals surface area contributed by atoms with Gasteiger partial charge in [-0.2, -0.15) is 12.2 Å². The molecule has 3 aromatic rings. The van der Waals surface area contributed by atoms with Gasteiger partial charge in [0.05, 0.1) is 21.2 Å². The van der Waals surface area contributed by atoms with E-state index in [1.165, 1.54) is 42.5 Å². The van der Waals surface area contributed by atoms with Crippen molar-refractivity contribution in [2.75, 3.05) is 45.9 Å². The summed E-state index contributed by atoms with van der Waals surface area (Å²) in [5.74, 6) is 0. The number of sulfone groups is 1. The fourth-order valence-electron chi connectivity index (χ4n) is 3.87. The molecule has 0 unspecified atom stereocenters. The lowest BCUT2D eigenvalue weighted by Crippen LogP contribution is -2.43. The molecule has 1 saturated heterocycles. The quantitative estimate of drug-likeness (QED) is 0.386. The Morgan fingerprint density at radius 3 is 2.05 bits per heavy atom. The standard InChI is InChI=1S/C23H25ClN4O6S3/c1-35(29,30)22-9-5-6-10-23(22)37(33,34)28(24)21-12-11-18(27-15-13-25-14-16-27)17-20(21)26-36(31,32)19-7-3-2-4-8-19/h2-12,17,25-26H,13-16H2,1H3. The molecule has 0 saturated carbocycles. The van der Waals surface area contributed by atoms with Crippen LogP contribution in [0, 0.1) is 0 Å². The van der Waals surface area contributed by atoms with Crippen LogP contribution in [0.25, 0.3) is 0 Å². The second kappa shape index (κ2) is 10.5. The minimum Gasteiger partial charge on any atom is -0.369 e. The molecule has 37 heavy (non-hydrogen) atoms. The first kappa shape index (κ1) is 27.2. The van der Waals surface area contributed by atoms with E-state index in [-0.39, 0.29) is 16.3 Å². The number of nitrogens with zero attached hydrogens (tertiary/aromatic N) is 2. The third-order valence-electron chi connectivity index (χ3n) is 5.69. The van der Waals surface area contributed by atoms with Crippen LogP contribution in [0.2, 0.25) is 0 Å². The summed E-state index contributed by atoms with van der Waals surface area (Å²) in [7, 11) is -12.7. The first-order chi connectivity index (χ1) is 17.4. The molecular weight excluding hydrogens is 560 g/mol. The molecule has 1 fully saturated rings. The minimum absolute atomic E-state index is 0.0278. The van der Waals surface area contributed by atoms with Crippen molar-refractivity contribution < 1.29 is 25.3 Å². The highest BCUT2D eigenvalue weighted by molar-refractivity contribution is 7.96. The predicted molar refractivity (Wildman–Crippen MR) is 144 cm³/mol. The summed E-state index contributed by atoms with van der Waals surface area (Å²) >= 11 is 6.36. The molecule has 0 atom stereocenters. The highest BCUT2D eigenvalue weighted by Crippen LogP contribution is 2.38. The SMILES string of the molecule is CS(=O)(=O)c1ccccc1S(=O)(=O)N(Cl)c1ccc(N2CCNCC2)cc1NS(=O)(=O)c1ccccc1. The van der Waals surface area contributed by atoms with Crippen molar-refractivity contribution in [1.82, 2.24) is 5.32 Å². The third kappa shape index (κ3) is 5.85. The number of hydrogen-bond acceptors (Lipinski definition) is 8. The van der Waals surface area contributed by atoms with E-state index >= 15 is 0 Å². The molecule has 1 aliphatic heterocycles. The summed E-state index contributed by atoms with van der Waals surface area (Å²) in [4.78, 5) is 1.03. The van der Waals surface area contributed by atoms with E-state index in [4.69, 9.17) is 11.8 Å². The van der Waals surface area contributed by atoms with Gasteiger partial charge in [0.25, 0.3) is 20.0 Å². The highest BCUT2D eigenvalue weighted by atomic mass is 35.5. The Morgan fingerprint density at radius 2 is 1.43 bits per heavy atom. The van der Waals surface area contributed by atoms with Gasteiger partial charge in [-0.15, -0.1) is 0 Å². The number of sulfonamides is 2. The summed E-state index contributed by atoms with van der Waals surface area (Å²) in [5, 5.41) is 3.23. The van der Waals surface area contributed by atoms with Gasteiger partial charge in [0.15, 0.2) is 9.84 Å². The van der Waals surface area contributed by atoms with Crippen molar-refractivity contribution in [1.29, 1.82) is 0 Å². The molecular formula is C23H25ClN4O6S3. The van der Waals surface area contributed by atoms with Crippen molar-refractivity contribution >= 4 is 58.7 Å². The number of nitrogens with one attached hydrogen (secondary N) is 2. The first-order valence-electron chi connectivity index (χ1n) is 11.1. The summed E-state index contributed by atoms with van der Waals surface area (Å²) in [6.45, 7) is 2.78. The fraction of sp³-hybridized carbons (Fsp3) is 0.217. The zero-order valence-electron chi connectivity index (χ0n) is 19.7. The maximum Gasteiger partial charge on any atom is 0.279 e. The molecule has 2 N–H and O–H groups in total. The van der Waals surface area contributed by atoms with E-state index in [2.05, 4.69) is 10.0 Å². The molecule has 4 rings (SSSR count). The number of anilines is 3. The third-order valence-corrected chi connectivity index (χ3v) is 10.6. The molecule has 198 valence electrons. The molecule has 0 aromatic heterocycles. The van der Waals surface area contributed by atoms with Crippen LogP contribution >= 0.6 is 11.8 Å². The molecule has 10 nitrogen and oxygen atoms in total. The minimum atomic E-state index is -4.63. The maximum absolute atomic E-state index is 13.5. The largest absolute Gasteiger partial charge is 0.369 e. The summed E-state index contributed by atoms with van der Waals surface area (Å²) in [6, 6.07) is 17.2. The van der Waals surface area contributed by atoms with E-state index in [1.807, 2.05) is 4.90 Å². The molecule has 1 heterocycles. The van der Waals surface area contributed by atoms with Crippen LogP contribution in [0.15, 0.2) is 87.5 Å². The van der Waals surface area contributed by atoms with Gasteiger partial charge in [-0.1, -0.05) is 30.3 Å². The van der Waals surface area contributed by atoms with Crippen LogP contribution in [0.4, 0.5) is 17.1 Å². The Labute approximate surface area is 222 Å². The van der Waals surface area contributed by atoms with Gasteiger partial charge >= 0.3 is 0 Å². The second-order valence-corrected chi connectivity index (χ2v) is 14.3. The number of rotatable bonds is 8. The van der Waals surface area contributed by atoms with E-state index < -0.39 is 39.7 Å². The topological polar surface area (TPSA) is 133 Å². The van der Waals surface area contributed by atoms with Gasteiger partial charge in [-0.05, 0) is 42.5 Å². The number of hydrogen-bond donors (Lipinski definition) is 2. The normalized spacial score (nSPS) is 14.8. The van der Waals surface area contributed by atoms with Gasteiger partial charge < -0.3 is 10.2 Å². The fourth-order valence-corrected chi connectivity index (χ4v) is 8.02. The van der Waals surface area contributed by atoms with Crippen LogP contribution in [-0.4, -0.2) is 57.7 Å². The summed E-state index contributed by atoms with van der Waals surface area (Å²) in [6.07, 6.45) is 0.890. The predicted octanol–water partition coefficient (Wildman–Crippen LogP) is 2.65. The van der Waals surface area contributed by atoms with Crippen LogP contribution < -0.4 is 18.8 Å². The van der Waals surface area contributed by atoms with Gasteiger partial charge in [0, 0.05) is 49.9 Å². The smallest absolute Gasteiger partial charge is 0.279 e. The monoisotopic (exact) mass is 584 g/mol. The summed E-state index contributed by atoms with van der Waals surface area (Å²) in [5.41, 5.74) is 0.383. The van der Waals surface area contributed by atoms with Gasteiger partial charge in [0.2, 0.25) is 0 Å². The van der Waals surface area contributed by atoms with Crippen molar-refractivity contribution in [3.63, 3.8) is 0 Å². The van der Waals surface area contributed by atoms with Crippen molar-refractivity contribution in [3.8, 4) is 0 Å². The first-order valence-corrected chi connectivity index (χ1v) is 16.2. The Kier molecular flexibility index (Phi) is 7.72. The van der Waals surface area contributed by atoms with Crippen molar-refractivity contribution in [2.24, 2.45) is 0 Å². The van der Waals surface area contributed by atoms with Crippen molar-refractivity contribution in [2.45, 2.75) is 14.7 Å². The zero-order chi connectivity index (χ0) is 26.8. The Balaban J connectivity index is 1.83. The molecule has 3 aromatic carbocycles. The average Bonchev–Trinajstić information content (AvgIpc) is 2.88. The van der Waals surface area contributed by atoms with Crippen LogP contribution in [-0.2, 0) is 29.9 Å². The van der Waals surface area contributed by atoms with Gasteiger partial charge in [0.1, 0.15) is 4.90 Å². The molecule has 0 spiro atoms. The van der Waals surface area contributed by atoms with Crippen LogP contribution in [0.1, 0.15) is 0 Å². The second-order valence-electron chi connectivity index (χ2n) is 8.30. The Bertz CT molecular complexity index is 1610. The molecule has 0 radical (unpaired) electrons. The maximum atomic E-state index is 13.5. The lowest BCUT2D eigenvalue weighted by molar-refractivity contribution is 0.586. The van der Waals surface area contributed by atoms with E-state index in [9.17, 15) is 25.3 Å². The lowest BCUT2D eigenvalue weighted by Gasteiger charge is -2.30. The number of piperazine rings is 1. The molecule has 0 amide bonds. The van der Waals surface area contributed by atoms with Gasteiger partial charge in [-0.3, -0.25) is 4.72 Å². The highest BCUT2D eigenvalue weighted by Gasteiger charge is 2.32. The number of benzene rings is 3. The van der Waals surface area contributed by atoms with Crippen LogP contribution in [0.3, 0.4) is 0 Å². The molecule has 14 heteroatoms. The summed E-state index contributed by atoms with van der Waals surface area (Å²) < 4.78 is 80.6.